The van der Waals surface area contributed by atoms with Crippen LogP contribution in [0.2, 0.25) is 0 Å². The summed E-state index contributed by atoms with van der Waals surface area (Å²) in [6.45, 7) is 3.65. The third kappa shape index (κ3) is 3.81. The topological polar surface area (TPSA) is 72.2 Å². The molecule has 0 aliphatic rings. The highest BCUT2D eigenvalue weighted by Crippen LogP contribution is 2.21. The third-order valence-corrected chi connectivity index (χ3v) is 3.62. The average molecular weight is 378 g/mol. The first kappa shape index (κ1) is 15.2. The van der Waals surface area contributed by atoms with Crippen LogP contribution in [-0.2, 0) is 4.79 Å². The van der Waals surface area contributed by atoms with Crippen molar-refractivity contribution in [2.45, 2.75) is 19.9 Å². The molecule has 0 fully saturated rings. The van der Waals surface area contributed by atoms with Crippen LogP contribution >= 0.6 is 31.9 Å². The van der Waals surface area contributed by atoms with Gasteiger partial charge in [-0.25, -0.2) is 0 Å². The van der Waals surface area contributed by atoms with E-state index < -0.39 is 11.9 Å². The third-order valence-electron chi connectivity index (χ3n) is 2.43. The summed E-state index contributed by atoms with van der Waals surface area (Å²) in [5, 5.41) is 2.64. The summed E-state index contributed by atoms with van der Waals surface area (Å²) in [4.78, 5) is 23.3. The number of nitrogens with one attached hydrogen (secondary N) is 1. The fourth-order valence-corrected chi connectivity index (χ4v) is 2.24. The van der Waals surface area contributed by atoms with Crippen LogP contribution in [0.25, 0.3) is 0 Å². The summed E-state index contributed by atoms with van der Waals surface area (Å²) in [5.41, 5.74) is 5.71. The molecule has 0 saturated carbocycles. The van der Waals surface area contributed by atoms with Crippen molar-refractivity contribution in [1.29, 1.82) is 0 Å². The Morgan fingerprint density at radius 3 is 2.39 bits per heavy atom. The van der Waals surface area contributed by atoms with E-state index >= 15 is 0 Å². The Hall–Kier alpha value is -0.880. The number of hydrogen-bond acceptors (Lipinski definition) is 2. The van der Waals surface area contributed by atoms with Crippen molar-refractivity contribution >= 4 is 43.7 Å². The quantitative estimate of drug-likeness (QED) is 0.845. The summed E-state index contributed by atoms with van der Waals surface area (Å²) >= 11 is 6.59. The van der Waals surface area contributed by atoms with E-state index in [0.717, 1.165) is 4.47 Å². The van der Waals surface area contributed by atoms with E-state index in [9.17, 15) is 9.59 Å². The SMILES string of the molecule is CC(C)C(NC(=O)c1cc(Br)ccc1Br)C(N)=O. The van der Waals surface area contributed by atoms with Crippen LogP contribution < -0.4 is 11.1 Å². The molecule has 0 heterocycles. The smallest absolute Gasteiger partial charge is 0.253 e. The maximum atomic E-state index is 12.1. The molecule has 18 heavy (non-hydrogen) atoms. The largest absolute Gasteiger partial charge is 0.368 e. The van der Waals surface area contributed by atoms with Crippen LogP contribution in [0.15, 0.2) is 27.1 Å². The normalized spacial score (nSPS) is 12.3. The molecule has 98 valence electrons. The molecule has 0 aliphatic carbocycles. The summed E-state index contributed by atoms with van der Waals surface area (Å²) < 4.78 is 1.45. The summed E-state index contributed by atoms with van der Waals surface area (Å²) in [7, 11) is 0. The van der Waals surface area contributed by atoms with Gasteiger partial charge in [0.15, 0.2) is 0 Å². The highest BCUT2D eigenvalue weighted by atomic mass is 79.9. The molecular formula is C12H14Br2N2O2. The second-order valence-electron chi connectivity index (χ2n) is 4.22. The van der Waals surface area contributed by atoms with Crippen molar-refractivity contribution in [3.8, 4) is 0 Å². The minimum atomic E-state index is -0.677. The van der Waals surface area contributed by atoms with Crippen molar-refractivity contribution in [2.75, 3.05) is 0 Å². The number of carbonyl (C=O) groups is 2. The number of benzene rings is 1. The molecule has 1 unspecified atom stereocenters. The first-order chi connectivity index (χ1) is 8.32. The Bertz CT molecular complexity index is 475. The van der Waals surface area contributed by atoms with Gasteiger partial charge in [0.2, 0.25) is 5.91 Å². The molecule has 1 rings (SSSR count). The van der Waals surface area contributed by atoms with Gasteiger partial charge in [0.1, 0.15) is 6.04 Å². The van der Waals surface area contributed by atoms with Gasteiger partial charge in [0.05, 0.1) is 5.56 Å². The minimum Gasteiger partial charge on any atom is -0.368 e. The zero-order chi connectivity index (χ0) is 13.9. The number of rotatable bonds is 4. The van der Waals surface area contributed by atoms with Gasteiger partial charge >= 0.3 is 0 Å². The van der Waals surface area contributed by atoms with Gasteiger partial charge in [-0.15, -0.1) is 0 Å². The van der Waals surface area contributed by atoms with Crippen molar-refractivity contribution in [2.24, 2.45) is 11.7 Å². The Morgan fingerprint density at radius 1 is 1.28 bits per heavy atom. The maximum absolute atomic E-state index is 12.1. The van der Waals surface area contributed by atoms with Gasteiger partial charge in [-0.05, 0) is 40.0 Å². The van der Waals surface area contributed by atoms with E-state index in [-0.39, 0.29) is 11.8 Å². The van der Waals surface area contributed by atoms with Gasteiger partial charge < -0.3 is 11.1 Å². The Kier molecular flexibility index (Phi) is 5.34. The van der Waals surface area contributed by atoms with Crippen molar-refractivity contribution < 1.29 is 9.59 Å². The molecule has 0 spiro atoms. The summed E-state index contributed by atoms with van der Waals surface area (Å²) in [6.07, 6.45) is 0. The van der Waals surface area contributed by atoms with E-state index in [1.807, 2.05) is 19.9 Å². The molecule has 0 aromatic heterocycles. The van der Waals surface area contributed by atoms with Crippen LogP contribution in [0.1, 0.15) is 24.2 Å². The predicted molar refractivity (Wildman–Crippen MR) is 77.1 cm³/mol. The number of carbonyl (C=O) groups excluding carboxylic acids is 2. The summed E-state index contributed by atoms with van der Waals surface area (Å²) in [6, 6.07) is 4.57. The standard InChI is InChI=1S/C12H14Br2N2O2/c1-6(2)10(11(15)17)16-12(18)8-5-7(13)3-4-9(8)14/h3-6,10H,1-2H3,(H2,15,17)(H,16,18). The van der Waals surface area contributed by atoms with Gasteiger partial charge in [-0.2, -0.15) is 0 Å². The fourth-order valence-electron chi connectivity index (χ4n) is 1.46. The zero-order valence-electron chi connectivity index (χ0n) is 10.0. The highest BCUT2D eigenvalue weighted by molar-refractivity contribution is 9.11. The zero-order valence-corrected chi connectivity index (χ0v) is 13.2. The number of primary amides is 1. The minimum absolute atomic E-state index is 0.0580. The first-order valence-electron chi connectivity index (χ1n) is 5.38. The van der Waals surface area contributed by atoms with Gasteiger partial charge in [-0.1, -0.05) is 29.8 Å². The molecule has 0 bridgehead atoms. The lowest BCUT2D eigenvalue weighted by Gasteiger charge is -2.19. The van der Waals surface area contributed by atoms with Crippen LogP contribution in [0.4, 0.5) is 0 Å². The van der Waals surface area contributed by atoms with E-state index in [2.05, 4.69) is 37.2 Å². The lowest BCUT2D eigenvalue weighted by atomic mass is 10.0. The molecule has 1 atom stereocenters. The number of nitrogens with two attached hydrogens (primary N) is 1. The Morgan fingerprint density at radius 2 is 1.89 bits per heavy atom. The fraction of sp³-hybridized carbons (Fsp3) is 0.333. The molecule has 2 amide bonds. The predicted octanol–water partition coefficient (Wildman–Crippen LogP) is 2.45. The summed E-state index contributed by atoms with van der Waals surface area (Å²) in [5.74, 6) is -0.928. The monoisotopic (exact) mass is 376 g/mol. The molecule has 0 saturated heterocycles. The molecule has 0 radical (unpaired) electrons. The maximum Gasteiger partial charge on any atom is 0.253 e. The molecule has 1 aromatic rings. The second kappa shape index (κ2) is 6.33. The molecule has 4 nitrogen and oxygen atoms in total. The Balaban J connectivity index is 2.94. The van der Waals surface area contributed by atoms with Crippen LogP contribution in [-0.4, -0.2) is 17.9 Å². The lowest BCUT2D eigenvalue weighted by molar-refractivity contribution is -0.120. The van der Waals surface area contributed by atoms with E-state index in [1.54, 1.807) is 12.1 Å². The molecule has 3 N–H and O–H groups in total. The van der Waals surface area contributed by atoms with Gasteiger partial charge in [0.25, 0.3) is 5.91 Å². The number of amides is 2. The second-order valence-corrected chi connectivity index (χ2v) is 5.99. The number of halogens is 2. The average Bonchev–Trinajstić information content (AvgIpc) is 2.28. The van der Waals surface area contributed by atoms with Crippen molar-refractivity contribution in [3.05, 3.63) is 32.7 Å². The highest BCUT2D eigenvalue weighted by Gasteiger charge is 2.23. The van der Waals surface area contributed by atoms with Gasteiger partial charge in [-0.3, -0.25) is 9.59 Å². The molecule has 0 aliphatic heterocycles. The molecular weight excluding hydrogens is 364 g/mol. The number of hydrogen-bond donors (Lipinski definition) is 2. The van der Waals surface area contributed by atoms with Crippen molar-refractivity contribution in [3.63, 3.8) is 0 Å². The van der Waals surface area contributed by atoms with E-state index in [4.69, 9.17) is 5.73 Å². The molecule has 1 aromatic carbocycles. The Labute approximate surface area is 123 Å². The van der Waals surface area contributed by atoms with E-state index in [0.29, 0.717) is 10.0 Å². The lowest BCUT2D eigenvalue weighted by Crippen LogP contribution is -2.47. The first-order valence-corrected chi connectivity index (χ1v) is 6.96. The van der Waals surface area contributed by atoms with Gasteiger partial charge in [0, 0.05) is 8.95 Å². The van der Waals surface area contributed by atoms with Crippen LogP contribution in [0, 0.1) is 5.92 Å². The molecule has 6 heteroatoms. The van der Waals surface area contributed by atoms with Crippen LogP contribution in [0.5, 0.6) is 0 Å². The van der Waals surface area contributed by atoms with Crippen LogP contribution in [0.3, 0.4) is 0 Å². The van der Waals surface area contributed by atoms with E-state index in [1.165, 1.54) is 0 Å². The van der Waals surface area contributed by atoms with Crippen molar-refractivity contribution in [1.82, 2.24) is 5.32 Å².